The molecule has 1 amide bonds. The molecule has 5 nitrogen and oxygen atoms in total. The molecule has 2 aromatic rings. The third-order valence-corrected chi connectivity index (χ3v) is 3.57. The SMILES string of the molecule is COc1ccc(CNC(=O)C(C)Oc2ccc(Cl)cc2Cl)cn1. The molecule has 0 aliphatic carbocycles. The van der Waals surface area contributed by atoms with Gasteiger partial charge in [0.25, 0.3) is 5.91 Å². The van der Waals surface area contributed by atoms with Crippen LogP contribution in [0.25, 0.3) is 0 Å². The topological polar surface area (TPSA) is 60.5 Å². The van der Waals surface area contributed by atoms with Gasteiger partial charge < -0.3 is 14.8 Å². The van der Waals surface area contributed by atoms with Gasteiger partial charge in [0.1, 0.15) is 5.75 Å². The highest BCUT2D eigenvalue weighted by atomic mass is 35.5. The van der Waals surface area contributed by atoms with Crippen molar-refractivity contribution < 1.29 is 14.3 Å². The van der Waals surface area contributed by atoms with E-state index in [1.54, 1.807) is 44.5 Å². The van der Waals surface area contributed by atoms with Crippen LogP contribution in [0.5, 0.6) is 11.6 Å². The van der Waals surface area contributed by atoms with E-state index in [0.29, 0.717) is 28.2 Å². The molecule has 23 heavy (non-hydrogen) atoms. The third-order valence-electron chi connectivity index (χ3n) is 3.04. The van der Waals surface area contributed by atoms with Crippen molar-refractivity contribution in [3.63, 3.8) is 0 Å². The van der Waals surface area contributed by atoms with E-state index in [4.69, 9.17) is 32.7 Å². The van der Waals surface area contributed by atoms with Crippen LogP contribution in [0.3, 0.4) is 0 Å². The van der Waals surface area contributed by atoms with E-state index in [9.17, 15) is 4.79 Å². The van der Waals surface area contributed by atoms with Gasteiger partial charge in [-0.3, -0.25) is 4.79 Å². The summed E-state index contributed by atoms with van der Waals surface area (Å²) in [5.41, 5.74) is 0.857. The van der Waals surface area contributed by atoms with Crippen molar-refractivity contribution in [2.75, 3.05) is 7.11 Å². The van der Waals surface area contributed by atoms with Crippen molar-refractivity contribution in [1.29, 1.82) is 0 Å². The zero-order valence-corrected chi connectivity index (χ0v) is 14.2. The molecule has 1 aromatic heterocycles. The molecule has 1 aromatic carbocycles. The van der Waals surface area contributed by atoms with Gasteiger partial charge in [0, 0.05) is 23.8 Å². The number of hydrogen-bond donors (Lipinski definition) is 1. The first kappa shape index (κ1) is 17.4. The predicted octanol–water partition coefficient (Wildman–Crippen LogP) is 3.48. The van der Waals surface area contributed by atoms with Crippen LogP contribution < -0.4 is 14.8 Å². The second kappa shape index (κ2) is 8.04. The smallest absolute Gasteiger partial charge is 0.261 e. The highest BCUT2D eigenvalue weighted by Gasteiger charge is 2.16. The monoisotopic (exact) mass is 354 g/mol. The van der Waals surface area contributed by atoms with Gasteiger partial charge in [-0.1, -0.05) is 29.3 Å². The van der Waals surface area contributed by atoms with Crippen molar-refractivity contribution in [3.05, 3.63) is 52.1 Å². The highest BCUT2D eigenvalue weighted by Crippen LogP contribution is 2.28. The first-order valence-electron chi connectivity index (χ1n) is 6.88. The quantitative estimate of drug-likeness (QED) is 0.862. The van der Waals surface area contributed by atoms with Crippen LogP contribution in [0.4, 0.5) is 0 Å². The van der Waals surface area contributed by atoms with Crippen LogP contribution in [0.2, 0.25) is 10.0 Å². The van der Waals surface area contributed by atoms with Crippen LogP contribution in [-0.4, -0.2) is 24.1 Å². The minimum absolute atomic E-state index is 0.258. The van der Waals surface area contributed by atoms with E-state index in [1.165, 1.54) is 0 Å². The Balaban J connectivity index is 1.89. The number of carbonyl (C=O) groups is 1. The molecule has 0 saturated carbocycles. The van der Waals surface area contributed by atoms with Gasteiger partial charge in [-0.15, -0.1) is 0 Å². The molecule has 7 heteroatoms. The van der Waals surface area contributed by atoms with Crippen molar-refractivity contribution >= 4 is 29.1 Å². The van der Waals surface area contributed by atoms with Crippen molar-refractivity contribution in [1.82, 2.24) is 10.3 Å². The Morgan fingerprint density at radius 3 is 2.70 bits per heavy atom. The Morgan fingerprint density at radius 1 is 1.30 bits per heavy atom. The molecule has 0 saturated heterocycles. The lowest BCUT2D eigenvalue weighted by Gasteiger charge is -2.15. The highest BCUT2D eigenvalue weighted by molar-refractivity contribution is 6.35. The molecule has 1 atom stereocenters. The van der Waals surface area contributed by atoms with Crippen LogP contribution in [0.15, 0.2) is 36.5 Å². The number of rotatable bonds is 6. The number of benzene rings is 1. The average molecular weight is 355 g/mol. The van der Waals surface area contributed by atoms with Crippen molar-refractivity contribution in [2.45, 2.75) is 19.6 Å². The largest absolute Gasteiger partial charge is 0.481 e. The first-order chi connectivity index (χ1) is 11.0. The molecule has 0 spiro atoms. The molecule has 0 radical (unpaired) electrons. The summed E-state index contributed by atoms with van der Waals surface area (Å²) in [6.07, 6.45) is 0.945. The molecule has 1 unspecified atom stereocenters. The van der Waals surface area contributed by atoms with Crippen molar-refractivity contribution in [2.24, 2.45) is 0 Å². The van der Waals surface area contributed by atoms with Gasteiger partial charge in [-0.05, 0) is 30.7 Å². The number of amides is 1. The van der Waals surface area contributed by atoms with Gasteiger partial charge in [0.05, 0.1) is 12.1 Å². The maximum absolute atomic E-state index is 12.1. The van der Waals surface area contributed by atoms with Gasteiger partial charge in [0.15, 0.2) is 6.10 Å². The fourth-order valence-electron chi connectivity index (χ4n) is 1.78. The number of nitrogens with one attached hydrogen (secondary N) is 1. The molecular formula is C16H16Cl2N2O3. The van der Waals surface area contributed by atoms with Crippen molar-refractivity contribution in [3.8, 4) is 11.6 Å². The number of hydrogen-bond acceptors (Lipinski definition) is 4. The summed E-state index contributed by atoms with van der Waals surface area (Å²) < 4.78 is 10.5. The summed E-state index contributed by atoms with van der Waals surface area (Å²) in [4.78, 5) is 16.1. The summed E-state index contributed by atoms with van der Waals surface area (Å²) in [6.45, 7) is 1.99. The Bertz CT molecular complexity index is 678. The lowest BCUT2D eigenvalue weighted by Crippen LogP contribution is -2.36. The lowest BCUT2D eigenvalue weighted by atomic mass is 10.2. The second-order valence-electron chi connectivity index (χ2n) is 4.76. The number of halogens is 2. The van der Waals surface area contributed by atoms with E-state index < -0.39 is 6.10 Å². The summed E-state index contributed by atoms with van der Waals surface area (Å²) in [5, 5.41) is 3.64. The zero-order chi connectivity index (χ0) is 16.8. The van der Waals surface area contributed by atoms with Gasteiger partial charge in [0.2, 0.25) is 5.88 Å². The average Bonchev–Trinajstić information content (AvgIpc) is 2.55. The number of nitrogens with zero attached hydrogens (tertiary/aromatic N) is 1. The fourth-order valence-corrected chi connectivity index (χ4v) is 2.24. The summed E-state index contributed by atoms with van der Waals surface area (Å²) >= 11 is 11.8. The van der Waals surface area contributed by atoms with Crippen LogP contribution in [0.1, 0.15) is 12.5 Å². The first-order valence-corrected chi connectivity index (χ1v) is 7.63. The minimum atomic E-state index is -0.695. The van der Waals surface area contributed by atoms with E-state index in [-0.39, 0.29) is 5.91 Å². The normalized spacial score (nSPS) is 11.7. The maximum atomic E-state index is 12.1. The van der Waals surface area contributed by atoms with Gasteiger partial charge >= 0.3 is 0 Å². The van der Waals surface area contributed by atoms with E-state index >= 15 is 0 Å². The molecule has 1 N–H and O–H groups in total. The molecule has 0 bridgehead atoms. The standard InChI is InChI=1S/C16H16Cl2N2O3/c1-10(23-14-5-4-12(17)7-13(14)18)16(21)20-9-11-3-6-15(22-2)19-8-11/h3-8,10H,9H2,1-2H3,(H,20,21). The summed E-state index contributed by atoms with van der Waals surface area (Å²) in [6, 6.07) is 8.40. The van der Waals surface area contributed by atoms with E-state index in [0.717, 1.165) is 5.56 Å². The Labute approximate surface area is 144 Å². The van der Waals surface area contributed by atoms with Crippen LogP contribution in [-0.2, 0) is 11.3 Å². The lowest BCUT2D eigenvalue weighted by molar-refractivity contribution is -0.127. The molecular weight excluding hydrogens is 339 g/mol. The Kier molecular flexibility index (Phi) is 6.07. The number of carbonyl (C=O) groups excluding carboxylic acids is 1. The third kappa shape index (κ3) is 5.01. The number of pyridine rings is 1. The molecule has 1 heterocycles. The molecule has 2 rings (SSSR count). The molecule has 122 valence electrons. The number of ether oxygens (including phenoxy) is 2. The Morgan fingerprint density at radius 2 is 2.09 bits per heavy atom. The minimum Gasteiger partial charge on any atom is -0.481 e. The molecule has 0 aliphatic rings. The maximum Gasteiger partial charge on any atom is 0.261 e. The summed E-state index contributed by atoms with van der Waals surface area (Å²) in [5.74, 6) is 0.672. The Hall–Kier alpha value is -1.98. The van der Waals surface area contributed by atoms with E-state index in [2.05, 4.69) is 10.3 Å². The van der Waals surface area contributed by atoms with Gasteiger partial charge in [-0.2, -0.15) is 0 Å². The molecule has 0 fully saturated rings. The molecule has 0 aliphatic heterocycles. The number of aromatic nitrogens is 1. The zero-order valence-electron chi connectivity index (χ0n) is 12.7. The number of methoxy groups -OCH3 is 1. The van der Waals surface area contributed by atoms with Crippen LogP contribution >= 0.6 is 23.2 Å². The predicted molar refractivity (Wildman–Crippen MR) is 89.2 cm³/mol. The van der Waals surface area contributed by atoms with Crippen LogP contribution in [0, 0.1) is 0 Å². The summed E-state index contributed by atoms with van der Waals surface area (Å²) in [7, 11) is 1.55. The van der Waals surface area contributed by atoms with Gasteiger partial charge in [-0.25, -0.2) is 4.98 Å². The second-order valence-corrected chi connectivity index (χ2v) is 5.61. The van der Waals surface area contributed by atoms with E-state index in [1.807, 2.05) is 6.07 Å². The fraction of sp³-hybridized carbons (Fsp3) is 0.250.